The molecule has 0 spiro atoms. The predicted octanol–water partition coefficient (Wildman–Crippen LogP) is 3.69. The summed E-state index contributed by atoms with van der Waals surface area (Å²) < 4.78 is 45.5. The Morgan fingerprint density at radius 3 is 2.53 bits per heavy atom. The number of piperidine rings is 1. The third-order valence-corrected chi connectivity index (χ3v) is 4.72. The summed E-state index contributed by atoms with van der Waals surface area (Å²) in [6.07, 6.45) is 0.920. The van der Waals surface area contributed by atoms with Gasteiger partial charge in [-0.25, -0.2) is 4.79 Å². The van der Waals surface area contributed by atoms with Crippen LogP contribution < -0.4 is 10.2 Å². The highest BCUT2D eigenvalue weighted by Gasteiger charge is 2.36. The van der Waals surface area contributed by atoms with E-state index >= 15 is 0 Å². The van der Waals surface area contributed by atoms with Gasteiger partial charge in [0, 0.05) is 29.0 Å². The highest BCUT2D eigenvalue weighted by molar-refractivity contribution is 6.30. The van der Waals surface area contributed by atoms with Gasteiger partial charge in [0.2, 0.25) is 11.3 Å². The van der Waals surface area contributed by atoms with Gasteiger partial charge in [-0.05, 0) is 33.6 Å². The van der Waals surface area contributed by atoms with E-state index in [0.29, 0.717) is 31.6 Å². The number of likely N-dealkylation sites (tertiary alicyclic amines) is 1. The SMILES string of the molecule is CC(C)(C)OC(=O)N1CCC(n2cc(N[n+]3ccc(C(F)(F)F)c(Cl)n3)cn2)CC1. The molecule has 3 rings (SSSR count). The molecule has 0 bridgehead atoms. The van der Waals surface area contributed by atoms with Crippen LogP contribution in [0.1, 0.15) is 45.2 Å². The highest BCUT2D eigenvalue weighted by atomic mass is 35.5. The molecule has 0 saturated carbocycles. The zero-order chi connectivity index (χ0) is 22.1. The molecule has 2 aromatic heterocycles. The van der Waals surface area contributed by atoms with Crippen molar-refractivity contribution < 1.29 is 27.5 Å². The number of carbonyl (C=O) groups excluding carboxylic acids is 1. The summed E-state index contributed by atoms with van der Waals surface area (Å²) in [6.45, 7) is 6.58. The number of rotatable bonds is 3. The van der Waals surface area contributed by atoms with Crippen LogP contribution >= 0.6 is 11.6 Å². The lowest BCUT2D eigenvalue weighted by molar-refractivity contribution is -0.704. The minimum absolute atomic E-state index is 0.0911. The van der Waals surface area contributed by atoms with Gasteiger partial charge in [0.25, 0.3) is 0 Å². The standard InChI is InChI=1S/C18H23ClF3N6O2/c1-17(2,3)30-16(29)26-7-4-13(5-8-26)27-11-12(10-23-27)24-28-9-6-14(15(19)25-28)18(20,21)22/h6,9-11,13H,4-5,7-8H2,1-3H3,(H,24,25)/q+1. The van der Waals surface area contributed by atoms with Crippen molar-refractivity contribution in [3.05, 3.63) is 35.4 Å². The zero-order valence-electron chi connectivity index (χ0n) is 16.8. The Bertz CT molecular complexity index is 904. The third kappa shape index (κ3) is 5.53. The molecule has 0 radical (unpaired) electrons. The molecule has 0 atom stereocenters. The molecule has 1 aliphatic heterocycles. The molecule has 1 saturated heterocycles. The maximum atomic E-state index is 12.8. The first kappa shape index (κ1) is 22.1. The van der Waals surface area contributed by atoms with Gasteiger partial charge in [-0.2, -0.15) is 18.3 Å². The summed E-state index contributed by atoms with van der Waals surface area (Å²) in [7, 11) is 0. The lowest BCUT2D eigenvalue weighted by Gasteiger charge is -2.33. The monoisotopic (exact) mass is 447 g/mol. The van der Waals surface area contributed by atoms with Crippen LogP contribution in [0.3, 0.4) is 0 Å². The second-order valence-electron chi connectivity index (χ2n) is 7.98. The second kappa shape index (κ2) is 8.29. The Balaban J connectivity index is 1.59. The molecule has 3 heterocycles. The Morgan fingerprint density at radius 1 is 1.30 bits per heavy atom. The van der Waals surface area contributed by atoms with E-state index in [0.717, 1.165) is 17.1 Å². The van der Waals surface area contributed by atoms with Gasteiger partial charge < -0.3 is 9.64 Å². The Labute approximate surface area is 176 Å². The highest BCUT2D eigenvalue weighted by Crippen LogP contribution is 2.32. The van der Waals surface area contributed by atoms with Crippen molar-refractivity contribution in [2.75, 3.05) is 18.5 Å². The van der Waals surface area contributed by atoms with Crippen LogP contribution in [0.5, 0.6) is 0 Å². The largest absolute Gasteiger partial charge is 0.444 e. The quantitative estimate of drug-likeness (QED) is 0.726. The van der Waals surface area contributed by atoms with Gasteiger partial charge in [-0.15, -0.1) is 5.43 Å². The van der Waals surface area contributed by atoms with E-state index in [-0.39, 0.29) is 12.1 Å². The molecule has 2 aromatic rings. The van der Waals surface area contributed by atoms with Crippen molar-refractivity contribution in [3.63, 3.8) is 0 Å². The zero-order valence-corrected chi connectivity index (χ0v) is 17.5. The minimum Gasteiger partial charge on any atom is -0.444 e. The fraction of sp³-hybridized carbons (Fsp3) is 0.556. The molecule has 1 N–H and O–H groups in total. The normalized spacial score (nSPS) is 15.9. The van der Waals surface area contributed by atoms with Gasteiger partial charge >= 0.3 is 12.3 Å². The first-order valence-corrected chi connectivity index (χ1v) is 9.75. The first-order valence-electron chi connectivity index (χ1n) is 9.37. The van der Waals surface area contributed by atoms with E-state index < -0.39 is 22.5 Å². The summed E-state index contributed by atoms with van der Waals surface area (Å²) in [4.78, 5) is 14.9. The van der Waals surface area contributed by atoms with Gasteiger partial charge in [0.15, 0.2) is 0 Å². The second-order valence-corrected chi connectivity index (χ2v) is 8.34. The molecule has 1 aliphatic rings. The van der Waals surface area contributed by atoms with Crippen molar-refractivity contribution in [2.24, 2.45) is 0 Å². The van der Waals surface area contributed by atoms with Crippen molar-refractivity contribution in [1.82, 2.24) is 19.8 Å². The molecule has 0 unspecified atom stereocenters. The number of hydrogen-bond acceptors (Lipinski definition) is 5. The number of nitrogens with zero attached hydrogens (tertiary/aromatic N) is 5. The Hall–Kier alpha value is -2.56. The van der Waals surface area contributed by atoms with Gasteiger partial charge in [0.1, 0.15) is 16.9 Å². The van der Waals surface area contributed by atoms with Gasteiger partial charge in [-0.1, -0.05) is 11.6 Å². The van der Waals surface area contributed by atoms with E-state index in [9.17, 15) is 18.0 Å². The van der Waals surface area contributed by atoms with Crippen molar-refractivity contribution in [1.29, 1.82) is 0 Å². The van der Waals surface area contributed by atoms with Crippen molar-refractivity contribution in [2.45, 2.75) is 51.4 Å². The number of anilines is 1. The van der Waals surface area contributed by atoms with Crippen LogP contribution in [0.2, 0.25) is 5.15 Å². The number of ether oxygens (including phenoxy) is 1. The van der Waals surface area contributed by atoms with E-state index in [1.807, 2.05) is 20.8 Å². The summed E-state index contributed by atoms with van der Waals surface area (Å²) in [5.41, 5.74) is 1.82. The number of nitrogens with one attached hydrogen (secondary N) is 1. The topological polar surface area (TPSA) is 76.2 Å². The summed E-state index contributed by atoms with van der Waals surface area (Å²) in [6, 6.07) is 0.937. The number of halogens is 4. The molecular weight excluding hydrogens is 425 g/mol. The van der Waals surface area contributed by atoms with E-state index in [1.165, 1.54) is 0 Å². The number of amides is 1. The molecule has 30 heavy (non-hydrogen) atoms. The van der Waals surface area contributed by atoms with Crippen molar-refractivity contribution >= 4 is 23.4 Å². The average molecular weight is 448 g/mol. The van der Waals surface area contributed by atoms with E-state index in [2.05, 4.69) is 15.6 Å². The minimum atomic E-state index is -4.57. The van der Waals surface area contributed by atoms with E-state index in [1.54, 1.807) is 22.0 Å². The fourth-order valence-electron chi connectivity index (χ4n) is 3.04. The van der Waals surface area contributed by atoms with Crippen LogP contribution in [0.4, 0.5) is 23.7 Å². The molecule has 8 nitrogen and oxygen atoms in total. The van der Waals surface area contributed by atoms with Crippen LogP contribution in [0.15, 0.2) is 24.7 Å². The molecule has 12 heteroatoms. The third-order valence-electron chi connectivity index (χ3n) is 4.44. The van der Waals surface area contributed by atoms with Crippen LogP contribution in [-0.4, -0.2) is 44.6 Å². The number of hydrogen-bond donors (Lipinski definition) is 1. The van der Waals surface area contributed by atoms with Crippen LogP contribution in [0.25, 0.3) is 0 Å². The van der Waals surface area contributed by atoms with E-state index in [4.69, 9.17) is 16.3 Å². The molecule has 0 aromatic carbocycles. The van der Waals surface area contributed by atoms with Gasteiger partial charge in [0.05, 0.1) is 18.4 Å². The Kier molecular flexibility index (Phi) is 6.11. The Morgan fingerprint density at radius 2 is 1.97 bits per heavy atom. The smallest absolute Gasteiger partial charge is 0.419 e. The van der Waals surface area contributed by atoms with Crippen molar-refractivity contribution in [3.8, 4) is 0 Å². The number of alkyl halides is 3. The lowest BCUT2D eigenvalue weighted by Crippen LogP contribution is -2.46. The number of aromatic nitrogens is 4. The molecule has 1 fully saturated rings. The summed E-state index contributed by atoms with van der Waals surface area (Å²) in [5.74, 6) is 0. The van der Waals surface area contributed by atoms with Crippen LogP contribution in [-0.2, 0) is 10.9 Å². The molecule has 164 valence electrons. The fourth-order valence-corrected chi connectivity index (χ4v) is 3.29. The average Bonchev–Trinajstić information content (AvgIpc) is 3.08. The number of carbonyl (C=O) groups is 1. The summed E-state index contributed by atoms with van der Waals surface area (Å²) in [5, 5.41) is 7.33. The molecule has 0 aliphatic carbocycles. The van der Waals surface area contributed by atoms with Crippen LogP contribution in [0, 0.1) is 0 Å². The summed E-state index contributed by atoms with van der Waals surface area (Å²) >= 11 is 5.63. The lowest BCUT2D eigenvalue weighted by atomic mass is 10.1. The maximum absolute atomic E-state index is 12.8. The molecular formula is C18H23ClF3N6O2+. The van der Waals surface area contributed by atoms with Gasteiger partial charge in [-0.3, -0.25) is 4.68 Å². The predicted molar refractivity (Wildman–Crippen MR) is 102 cm³/mol. The maximum Gasteiger partial charge on any atom is 0.419 e. The molecule has 1 amide bonds. The first-order chi connectivity index (χ1) is 13.9.